The number of carbonyl (C=O) groups excluding carboxylic acids is 2. The number of benzene rings is 2. The molecule has 7 nitrogen and oxygen atoms in total. The van der Waals surface area contributed by atoms with E-state index >= 15 is 0 Å². The Morgan fingerprint density at radius 3 is 2.37 bits per heavy atom. The SMILES string of the molecule is Cc1nnc(SCC(=O)Nc2ccc3nc(SCC(=O)Nc4ccccc4C(F)(F)F)sc3c2)s1. The molecule has 35 heavy (non-hydrogen) atoms. The summed E-state index contributed by atoms with van der Waals surface area (Å²) in [6.45, 7) is 1.85. The molecule has 2 amide bonds. The highest BCUT2D eigenvalue weighted by Crippen LogP contribution is 2.35. The minimum Gasteiger partial charge on any atom is -0.325 e. The van der Waals surface area contributed by atoms with Gasteiger partial charge in [0, 0.05) is 5.69 Å². The van der Waals surface area contributed by atoms with Gasteiger partial charge in [-0.05, 0) is 37.3 Å². The van der Waals surface area contributed by atoms with Gasteiger partial charge in [-0.1, -0.05) is 47.0 Å². The second-order valence-electron chi connectivity index (χ2n) is 6.97. The van der Waals surface area contributed by atoms with Gasteiger partial charge in [0.15, 0.2) is 8.68 Å². The molecule has 4 aromatic rings. The van der Waals surface area contributed by atoms with Gasteiger partial charge in [0.1, 0.15) is 5.01 Å². The molecule has 0 unspecified atom stereocenters. The normalized spacial score (nSPS) is 11.5. The number of nitrogens with one attached hydrogen (secondary N) is 2. The zero-order chi connectivity index (χ0) is 25.0. The molecule has 0 bridgehead atoms. The lowest BCUT2D eigenvalue weighted by atomic mass is 10.1. The van der Waals surface area contributed by atoms with Crippen molar-refractivity contribution < 1.29 is 22.8 Å². The van der Waals surface area contributed by atoms with Crippen molar-refractivity contribution in [2.75, 3.05) is 22.1 Å². The number of fused-ring (bicyclic) bond motifs is 1. The van der Waals surface area contributed by atoms with Crippen LogP contribution in [-0.4, -0.2) is 38.5 Å². The molecule has 0 saturated carbocycles. The lowest BCUT2D eigenvalue weighted by Crippen LogP contribution is -2.18. The van der Waals surface area contributed by atoms with Gasteiger partial charge in [0.05, 0.1) is 33.0 Å². The van der Waals surface area contributed by atoms with Crippen molar-refractivity contribution in [1.82, 2.24) is 15.2 Å². The number of thioether (sulfide) groups is 2. The summed E-state index contributed by atoms with van der Waals surface area (Å²) >= 11 is 5.18. The summed E-state index contributed by atoms with van der Waals surface area (Å²) in [5, 5.41) is 13.9. The first kappa shape index (κ1) is 25.4. The van der Waals surface area contributed by atoms with Gasteiger partial charge in [0.2, 0.25) is 11.8 Å². The van der Waals surface area contributed by atoms with Crippen molar-refractivity contribution in [2.24, 2.45) is 0 Å². The number of aromatic nitrogens is 3. The summed E-state index contributed by atoms with van der Waals surface area (Å²) in [7, 11) is 0. The Labute approximate surface area is 213 Å². The fourth-order valence-electron chi connectivity index (χ4n) is 2.86. The lowest BCUT2D eigenvalue weighted by molar-refractivity contribution is -0.137. The van der Waals surface area contributed by atoms with Crippen LogP contribution in [0.1, 0.15) is 10.6 Å². The van der Waals surface area contributed by atoms with Crippen LogP contribution in [-0.2, 0) is 15.8 Å². The van der Waals surface area contributed by atoms with Crippen molar-refractivity contribution in [2.45, 2.75) is 21.8 Å². The number of nitrogens with zero attached hydrogens (tertiary/aromatic N) is 3. The number of aryl methyl sites for hydroxylation is 1. The maximum atomic E-state index is 13.1. The van der Waals surface area contributed by atoms with Crippen molar-refractivity contribution in [3.05, 3.63) is 53.0 Å². The minimum absolute atomic E-state index is 0.0993. The number of alkyl halides is 3. The van der Waals surface area contributed by atoms with Gasteiger partial charge in [-0.3, -0.25) is 9.59 Å². The monoisotopic (exact) mass is 555 g/mol. The molecule has 0 atom stereocenters. The molecular formula is C21H16F3N5O2S4. The zero-order valence-electron chi connectivity index (χ0n) is 17.9. The smallest absolute Gasteiger partial charge is 0.325 e. The Hall–Kier alpha value is -2.68. The number of halogens is 3. The van der Waals surface area contributed by atoms with Crippen LogP contribution in [0, 0.1) is 6.92 Å². The molecule has 182 valence electrons. The quantitative estimate of drug-likeness (QED) is 0.260. The fourth-order valence-corrected chi connectivity index (χ4v) is 6.38. The molecule has 0 fully saturated rings. The molecule has 0 spiro atoms. The van der Waals surface area contributed by atoms with E-state index in [0.29, 0.717) is 15.5 Å². The fraction of sp³-hybridized carbons (Fsp3) is 0.190. The van der Waals surface area contributed by atoms with Crippen LogP contribution in [0.3, 0.4) is 0 Å². The number of thiazole rings is 1. The van der Waals surface area contributed by atoms with E-state index in [9.17, 15) is 22.8 Å². The highest BCUT2D eigenvalue weighted by Gasteiger charge is 2.33. The average molecular weight is 556 g/mol. The van der Waals surface area contributed by atoms with Gasteiger partial charge in [-0.15, -0.1) is 21.5 Å². The highest BCUT2D eigenvalue weighted by atomic mass is 32.2. The Morgan fingerprint density at radius 1 is 0.943 bits per heavy atom. The molecule has 0 aliphatic carbocycles. The van der Waals surface area contributed by atoms with E-state index in [4.69, 9.17) is 0 Å². The first-order valence-electron chi connectivity index (χ1n) is 9.89. The van der Waals surface area contributed by atoms with E-state index in [2.05, 4.69) is 25.8 Å². The van der Waals surface area contributed by atoms with Gasteiger partial charge < -0.3 is 10.6 Å². The molecule has 4 rings (SSSR count). The van der Waals surface area contributed by atoms with Gasteiger partial charge in [-0.25, -0.2) is 4.98 Å². The van der Waals surface area contributed by atoms with E-state index in [1.165, 1.54) is 52.6 Å². The van der Waals surface area contributed by atoms with Crippen molar-refractivity contribution in [3.63, 3.8) is 0 Å². The van der Waals surface area contributed by atoms with Crippen molar-refractivity contribution in [1.29, 1.82) is 0 Å². The van der Waals surface area contributed by atoms with Gasteiger partial charge in [0.25, 0.3) is 0 Å². The summed E-state index contributed by atoms with van der Waals surface area (Å²) in [5.74, 6) is -0.653. The molecule has 0 aliphatic heterocycles. The van der Waals surface area contributed by atoms with Gasteiger partial charge in [-0.2, -0.15) is 13.2 Å². The molecule has 0 saturated heterocycles. The molecule has 2 N–H and O–H groups in total. The van der Waals surface area contributed by atoms with E-state index in [0.717, 1.165) is 31.9 Å². The van der Waals surface area contributed by atoms with Crippen LogP contribution in [0.5, 0.6) is 0 Å². The van der Waals surface area contributed by atoms with Crippen LogP contribution < -0.4 is 10.6 Å². The maximum absolute atomic E-state index is 13.1. The number of hydrogen-bond acceptors (Lipinski definition) is 9. The third-order valence-corrected chi connectivity index (χ3v) is 8.45. The number of carbonyl (C=O) groups is 2. The van der Waals surface area contributed by atoms with Crippen LogP contribution in [0.15, 0.2) is 51.1 Å². The van der Waals surface area contributed by atoms with E-state index in [1.807, 2.05) is 6.92 Å². The third-order valence-electron chi connectivity index (χ3n) is 4.32. The van der Waals surface area contributed by atoms with E-state index in [-0.39, 0.29) is 23.1 Å². The number of amides is 2. The van der Waals surface area contributed by atoms with Crippen LogP contribution >= 0.6 is 46.2 Å². The second kappa shape index (κ2) is 10.9. The predicted octanol–water partition coefficient (Wildman–Crippen LogP) is 5.94. The standard InChI is InChI=1S/C21H16F3N5O2S4/c1-11-28-29-20(34-11)33-9-17(30)25-12-6-7-15-16(8-12)35-19(27-15)32-10-18(31)26-14-5-3-2-4-13(14)21(22,23)24/h2-8H,9-10H2,1H3,(H,25,30)(H,26,31). The minimum atomic E-state index is -4.56. The Balaban J connectivity index is 1.33. The first-order chi connectivity index (χ1) is 16.7. The predicted molar refractivity (Wildman–Crippen MR) is 134 cm³/mol. The summed E-state index contributed by atoms with van der Waals surface area (Å²) in [5.41, 5.74) is 0.120. The average Bonchev–Trinajstić information content (AvgIpc) is 3.41. The molecule has 14 heteroatoms. The van der Waals surface area contributed by atoms with Crippen molar-refractivity contribution >= 4 is 79.6 Å². The van der Waals surface area contributed by atoms with Crippen LogP contribution in [0.2, 0.25) is 0 Å². The van der Waals surface area contributed by atoms with Crippen LogP contribution in [0.25, 0.3) is 10.2 Å². The molecular weight excluding hydrogens is 540 g/mol. The number of hydrogen-bond donors (Lipinski definition) is 2. The number of anilines is 2. The van der Waals surface area contributed by atoms with Gasteiger partial charge >= 0.3 is 6.18 Å². The molecule has 0 radical (unpaired) electrons. The zero-order valence-corrected chi connectivity index (χ0v) is 21.1. The highest BCUT2D eigenvalue weighted by molar-refractivity contribution is 8.02. The maximum Gasteiger partial charge on any atom is 0.418 e. The second-order valence-corrected chi connectivity index (χ2v) is 11.6. The Bertz CT molecular complexity index is 1370. The van der Waals surface area contributed by atoms with E-state index < -0.39 is 17.6 Å². The summed E-state index contributed by atoms with van der Waals surface area (Å²) in [6.07, 6.45) is -4.56. The number of para-hydroxylation sites is 1. The molecule has 2 heterocycles. The third kappa shape index (κ3) is 6.93. The summed E-state index contributed by atoms with van der Waals surface area (Å²) in [4.78, 5) is 28.9. The molecule has 2 aromatic carbocycles. The molecule has 0 aliphatic rings. The molecule has 2 aromatic heterocycles. The topological polar surface area (TPSA) is 96.9 Å². The van der Waals surface area contributed by atoms with Crippen LogP contribution in [0.4, 0.5) is 24.5 Å². The Morgan fingerprint density at radius 2 is 1.66 bits per heavy atom. The first-order valence-corrected chi connectivity index (χ1v) is 13.5. The Kier molecular flexibility index (Phi) is 7.94. The summed E-state index contributed by atoms with van der Waals surface area (Å²) in [6, 6.07) is 10.1. The largest absolute Gasteiger partial charge is 0.418 e. The van der Waals surface area contributed by atoms with Crippen molar-refractivity contribution in [3.8, 4) is 0 Å². The summed E-state index contributed by atoms with van der Waals surface area (Å²) < 4.78 is 41.4. The number of rotatable bonds is 8. The van der Waals surface area contributed by atoms with E-state index in [1.54, 1.807) is 18.2 Å². The lowest BCUT2D eigenvalue weighted by Gasteiger charge is -2.13.